The molecule has 0 rings (SSSR count). The number of unbranched alkanes of at least 4 members (excludes halogenated alkanes) is 50. The van der Waals surface area contributed by atoms with Crippen LogP contribution in [0.4, 0.5) is 0 Å². The Balaban J connectivity index is 3.94. The van der Waals surface area contributed by atoms with Crippen LogP contribution in [0.15, 0.2) is 12.2 Å². The fourth-order valence-corrected chi connectivity index (χ4v) is 10.8. The van der Waals surface area contributed by atoms with Crippen molar-refractivity contribution in [3.63, 3.8) is 0 Å². The quantitative estimate of drug-likeness (QED) is 0.0211. The van der Waals surface area contributed by atoms with Crippen LogP contribution in [0.25, 0.3) is 0 Å². The van der Waals surface area contributed by atoms with Crippen LogP contribution < -0.4 is 0 Å². The highest BCUT2D eigenvalue weighted by molar-refractivity contribution is 5.71. The van der Waals surface area contributed by atoms with E-state index in [0.717, 1.165) is 51.4 Å². The molecule has 474 valence electrons. The molecule has 0 aromatic rings. The van der Waals surface area contributed by atoms with Crippen LogP contribution in [0.5, 0.6) is 0 Å². The molecule has 0 amide bonds. The number of carboxylic acid groups (broad SMARTS) is 1. The Hall–Kier alpha value is -1.97. The fourth-order valence-electron chi connectivity index (χ4n) is 10.8. The Kier molecular flexibility index (Phi) is 61.5. The van der Waals surface area contributed by atoms with Crippen LogP contribution in [0.3, 0.4) is 0 Å². The average molecular weight is 1130 g/mol. The molecule has 0 aliphatic rings. The lowest BCUT2D eigenvalue weighted by Gasteiger charge is -2.25. The monoisotopic (exact) mass is 1130 g/mol. The second-order valence-electron chi connectivity index (χ2n) is 25.6. The lowest BCUT2D eigenvalue weighted by Crippen LogP contribution is -2.40. The molecule has 0 aromatic heterocycles. The highest BCUT2D eigenvalue weighted by Crippen LogP contribution is 2.19. The van der Waals surface area contributed by atoms with E-state index in [4.69, 9.17) is 18.9 Å². The zero-order valence-electron chi connectivity index (χ0n) is 54.3. The molecule has 80 heavy (non-hydrogen) atoms. The molecule has 9 nitrogen and oxygen atoms in total. The molecule has 0 bridgehead atoms. The number of likely N-dealkylation sites (N-methyl/N-ethyl adjacent to an activating group) is 1. The standard InChI is InChI=1S/C71H137NO8/c1-6-8-10-12-14-16-18-20-22-24-26-27-28-29-30-31-32-33-34-35-36-37-38-39-40-41-42-43-44-46-47-49-51-53-55-57-59-61-68(73)78-65-67(66-79-71(70(75)76)77-64-63-72(3,4)5)80-69(74)62-60-58-56-54-52-50-48-45-25-23-21-19-17-15-13-11-9-7-2/h23,25,67,71H,6-22,24,26-66H2,1-5H3/p+1/b25-23-. The number of hydrogen-bond acceptors (Lipinski definition) is 7. The first-order valence-electron chi connectivity index (χ1n) is 35.4. The molecule has 0 fully saturated rings. The highest BCUT2D eigenvalue weighted by Gasteiger charge is 2.25. The number of nitrogens with zero attached hydrogens (tertiary/aromatic N) is 1. The number of hydrogen-bond donors (Lipinski definition) is 1. The van der Waals surface area contributed by atoms with Gasteiger partial charge in [-0.25, -0.2) is 4.79 Å². The molecule has 0 saturated carbocycles. The van der Waals surface area contributed by atoms with E-state index in [2.05, 4.69) is 26.0 Å². The van der Waals surface area contributed by atoms with Gasteiger partial charge in [0.15, 0.2) is 6.10 Å². The minimum Gasteiger partial charge on any atom is -0.477 e. The molecule has 0 aliphatic heterocycles. The summed E-state index contributed by atoms with van der Waals surface area (Å²) in [5.74, 6) is -1.98. The Morgan fingerprint density at radius 1 is 0.362 bits per heavy atom. The number of carboxylic acids is 1. The zero-order valence-corrected chi connectivity index (χ0v) is 54.3. The van der Waals surface area contributed by atoms with E-state index in [0.29, 0.717) is 17.4 Å². The predicted octanol–water partition coefficient (Wildman–Crippen LogP) is 21.6. The minimum atomic E-state index is -1.51. The summed E-state index contributed by atoms with van der Waals surface area (Å²) in [5.41, 5.74) is 0. The van der Waals surface area contributed by atoms with Gasteiger partial charge in [0.1, 0.15) is 13.2 Å². The number of carbonyl (C=O) groups excluding carboxylic acids is 2. The van der Waals surface area contributed by atoms with Gasteiger partial charge in [-0.1, -0.05) is 328 Å². The van der Waals surface area contributed by atoms with E-state index in [1.54, 1.807) is 0 Å². The zero-order chi connectivity index (χ0) is 58.3. The molecule has 0 radical (unpaired) electrons. The predicted molar refractivity (Wildman–Crippen MR) is 341 cm³/mol. The van der Waals surface area contributed by atoms with Gasteiger partial charge in [-0.2, -0.15) is 0 Å². The molecule has 0 saturated heterocycles. The molecule has 1 N–H and O–H groups in total. The number of aliphatic carboxylic acids is 1. The van der Waals surface area contributed by atoms with Crippen molar-refractivity contribution in [3.05, 3.63) is 12.2 Å². The van der Waals surface area contributed by atoms with Crippen LogP contribution in [0, 0.1) is 0 Å². The Bertz CT molecular complexity index is 1320. The minimum absolute atomic E-state index is 0.177. The Labute approximate surface area is 497 Å². The van der Waals surface area contributed by atoms with Gasteiger partial charge in [0.25, 0.3) is 6.29 Å². The SMILES string of the molecule is CCCCCCCCC/C=C\CCCCCCCCCC(=O)OC(COC(=O)CCCCCCCCCCCCCCCCCCCCCCCCCCCCCCCCCCCCCCC)COC(OCC[N+](C)(C)C)C(=O)O. The third kappa shape index (κ3) is 63.6. The second-order valence-corrected chi connectivity index (χ2v) is 25.6. The largest absolute Gasteiger partial charge is 0.477 e. The van der Waals surface area contributed by atoms with Crippen molar-refractivity contribution < 1.29 is 42.9 Å². The number of esters is 2. The van der Waals surface area contributed by atoms with Gasteiger partial charge in [-0.05, 0) is 38.5 Å². The maximum atomic E-state index is 12.9. The summed E-state index contributed by atoms with van der Waals surface area (Å²) in [6, 6.07) is 0. The summed E-state index contributed by atoms with van der Waals surface area (Å²) in [6.07, 6.45) is 73.5. The number of quaternary nitrogens is 1. The van der Waals surface area contributed by atoms with Crippen LogP contribution in [0.2, 0.25) is 0 Å². The molecule has 2 unspecified atom stereocenters. The first-order valence-corrected chi connectivity index (χ1v) is 35.4. The smallest absolute Gasteiger partial charge is 0.361 e. The van der Waals surface area contributed by atoms with E-state index < -0.39 is 24.3 Å². The van der Waals surface area contributed by atoms with Crippen LogP contribution in [-0.4, -0.2) is 87.4 Å². The molecule has 0 aromatic carbocycles. The van der Waals surface area contributed by atoms with Gasteiger partial charge in [-0.3, -0.25) is 9.59 Å². The van der Waals surface area contributed by atoms with Crippen molar-refractivity contribution in [2.45, 2.75) is 379 Å². The topological polar surface area (TPSA) is 108 Å². The third-order valence-corrected chi connectivity index (χ3v) is 16.3. The Morgan fingerprint density at radius 2 is 0.637 bits per heavy atom. The van der Waals surface area contributed by atoms with Crippen LogP contribution in [-0.2, 0) is 33.3 Å². The highest BCUT2D eigenvalue weighted by atomic mass is 16.7. The van der Waals surface area contributed by atoms with E-state index in [9.17, 15) is 19.5 Å². The average Bonchev–Trinajstić information content (AvgIpc) is 3.43. The van der Waals surface area contributed by atoms with E-state index >= 15 is 0 Å². The van der Waals surface area contributed by atoms with Gasteiger partial charge >= 0.3 is 17.9 Å². The van der Waals surface area contributed by atoms with Crippen molar-refractivity contribution in [1.29, 1.82) is 0 Å². The third-order valence-electron chi connectivity index (χ3n) is 16.3. The summed E-state index contributed by atoms with van der Waals surface area (Å²) in [5, 5.41) is 9.73. The van der Waals surface area contributed by atoms with Crippen molar-refractivity contribution in [1.82, 2.24) is 0 Å². The maximum absolute atomic E-state index is 12.9. The van der Waals surface area contributed by atoms with E-state index in [1.165, 1.54) is 289 Å². The summed E-state index contributed by atoms with van der Waals surface area (Å²) >= 11 is 0. The lowest BCUT2D eigenvalue weighted by atomic mass is 10.0. The van der Waals surface area contributed by atoms with Crippen LogP contribution in [0.1, 0.15) is 367 Å². The molecular formula is C71H138NO8+. The normalized spacial score (nSPS) is 12.7. The number of allylic oxidation sites excluding steroid dienone is 2. The van der Waals surface area contributed by atoms with Gasteiger partial charge in [0, 0.05) is 12.8 Å². The van der Waals surface area contributed by atoms with Gasteiger partial charge in [0.05, 0.1) is 34.4 Å². The lowest BCUT2D eigenvalue weighted by molar-refractivity contribution is -0.870. The van der Waals surface area contributed by atoms with Gasteiger partial charge < -0.3 is 28.5 Å². The maximum Gasteiger partial charge on any atom is 0.361 e. The van der Waals surface area contributed by atoms with Crippen molar-refractivity contribution >= 4 is 17.9 Å². The summed E-state index contributed by atoms with van der Waals surface area (Å²) < 4.78 is 23.0. The van der Waals surface area contributed by atoms with Gasteiger partial charge in [-0.15, -0.1) is 0 Å². The van der Waals surface area contributed by atoms with E-state index in [1.807, 2.05) is 21.1 Å². The van der Waals surface area contributed by atoms with Crippen LogP contribution >= 0.6 is 0 Å². The summed E-state index contributed by atoms with van der Waals surface area (Å²) in [6.45, 7) is 4.94. The number of ether oxygens (including phenoxy) is 4. The first kappa shape index (κ1) is 78.0. The van der Waals surface area contributed by atoms with Crippen molar-refractivity contribution in [2.24, 2.45) is 0 Å². The molecule has 9 heteroatoms. The molecular weight excluding hydrogens is 995 g/mol. The number of rotatable bonds is 67. The Morgan fingerprint density at radius 3 is 0.925 bits per heavy atom. The molecule has 0 heterocycles. The molecule has 0 aliphatic carbocycles. The summed E-state index contributed by atoms with van der Waals surface area (Å²) in [4.78, 5) is 37.5. The molecule has 0 spiro atoms. The first-order chi connectivity index (χ1) is 39.1. The fraction of sp³-hybridized carbons (Fsp3) is 0.930. The number of carbonyl (C=O) groups is 3. The van der Waals surface area contributed by atoms with Gasteiger partial charge in [0.2, 0.25) is 0 Å². The second kappa shape index (κ2) is 63.1. The summed E-state index contributed by atoms with van der Waals surface area (Å²) in [7, 11) is 5.99. The van der Waals surface area contributed by atoms with E-state index in [-0.39, 0.29) is 32.2 Å². The molecule has 2 atom stereocenters. The van der Waals surface area contributed by atoms with Crippen molar-refractivity contribution in [2.75, 3.05) is 47.5 Å². The van der Waals surface area contributed by atoms with Crippen molar-refractivity contribution in [3.8, 4) is 0 Å².